The first-order chi connectivity index (χ1) is 20.0. The highest BCUT2D eigenvalue weighted by Crippen LogP contribution is 2.54. The van der Waals surface area contributed by atoms with E-state index in [9.17, 15) is 9.59 Å². The number of carbonyl (C=O) groups excluding carboxylic acids is 2. The molecule has 2 atom stereocenters. The number of esters is 2. The van der Waals surface area contributed by atoms with Crippen LogP contribution in [-0.2, 0) is 30.5 Å². The van der Waals surface area contributed by atoms with E-state index in [4.69, 9.17) is 19.0 Å². The third-order valence-electron chi connectivity index (χ3n) is 7.45. The summed E-state index contributed by atoms with van der Waals surface area (Å²) < 4.78 is 16.6. The predicted molar refractivity (Wildman–Crippen MR) is 155 cm³/mol. The van der Waals surface area contributed by atoms with Crippen LogP contribution < -0.4 is 9.80 Å². The molecule has 7 heteroatoms. The van der Waals surface area contributed by atoms with E-state index in [0.29, 0.717) is 23.6 Å². The fourth-order valence-corrected chi connectivity index (χ4v) is 5.33. The van der Waals surface area contributed by atoms with Crippen molar-refractivity contribution in [3.05, 3.63) is 131 Å². The van der Waals surface area contributed by atoms with Crippen LogP contribution in [0.3, 0.4) is 0 Å². The van der Waals surface area contributed by atoms with Gasteiger partial charge in [-0.3, -0.25) is 14.4 Å². The number of aryl methyl sites for hydroxylation is 1. The molecular formula is C34H33NO6. The maximum absolute atomic E-state index is 13.8. The van der Waals surface area contributed by atoms with Crippen molar-refractivity contribution in [1.82, 2.24) is 0 Å². The molecule has 0 radical (unpaired) electrons. The molecule has 1 fully saturated rings. The Hall–Kier alpha value is -4.62. The first-order valence-electron chi connectivity index (χ1n) is 13.5. The highest BCUT2D eigenvalue weighted by molar-refractivity contribution is 6.02. The third kappa shape index (κ3) is 5.67. The van der Waals surface area contributed by atoms with E-state index < -0.39 is 29.5 Å². The number of rotatable bonds is 8. The summed E-state index contributed by atoms with van der Waals surface area (Å²) >= 11 is 0. The Bertz CT molecular complexity index is 1440. The van der Waals surface area contributed by atoms with E-state index in [2.05, 4.69) is 0 Å². The number of hydroxylamine groups is 1. The average Bonchev–Trinajstić information content (AvgIpc) is 3.04. The lowest BCUT2D eigenvalue weighted by Gasteiger charge is -2.49. The summed E-state index contributed by atoms with van der Waals surface area (Å²) in [6, 6.07) is 33.6. The minimum atomic E-state index is -1.74. The third-order valence-corrected chi connectivity index (χ3v) is 7.45. The van der Waals surface area contributed by atoms with Gasteiger partial charge in [0.2, 0.25) is 0 Å². The molecule has 1 heterocycles. The lowest BCUT2D eigenvalue weighted by atomic mass is 9.70. The SMILES string of the molecule is COC(=O)C1(C(=O)OC)C[C@H](c2ccccc2)ON(c2ccc(C)cc2)[C@@H]1c1ccc(OCc2ccccc2)cc1. The minimum absolute atomic E-state index is 0.0235. The van der Waals surface area contributed by atoms with Gasteiger partial charge in [0.1, 0.15) is 24.5 Å². The summed E-state index contributed by atoms with van der Waals surface area (Å²) in [6.07, 6.45) is -0.601. The second-order valence-electron chi connectivity index (χ2n) is 10.1. The highest BCUT2D eigenvalue weighted by atomic mass is 16.7. The van der Waals surface area contributed by atoms with Crippen molar-refractivity contribution in [1.29, 1.82) is 0 Å². The summed E-state index contributed by atoms with van der Waals surface area (Å²) in [5.74, 6) is -0.736. The average molecular weight is 552 g/mol. The Morgan fingerprint density at radius 1 is 0.780 bits per heavy atom. The van der Waals surface area contributed by atoms with Crippen molar-refractivity contribution in [2.45, 2.75) is 32.1 Å². The quantitative estimate of drug-likeness (QED) is 0.182. The maximum atomic E-state index is 13.8. The molecule has 0 saturated carbocycles. The van der Waals surface area contributed by atoms with Crippen LogP contribution in [-0.4, -0.2) is 26.2 Å². The van der Waals surface area contributed by atoms with Gasteiger partial charge in [-0.2, -0.15) is 0 Å². The van der Waals surface area contributed by atoms with Crippen LogP contribution >= 0.6 is 0 Å². The molecule has 0 bridgehead atoms. The molecule has 0 amide bonds. The van der Waals surface area contributed by atoms with Crippen molar-refractivity contribution in [2.75, 3.05) is 19.3 Å². The zero-order valence-corrected chi connectivity index (χ0v) is 23.4. The van der Waals surface area contributed by atoms with Crippen LogP contribution in [0.2, 0.25) is 0 Å². The number of methoxy groups -OCH3 is 2. The van der Waals surface area contributed by atoms with E-state index in [-0.39, 0.29) is 6.42 Å². The van der Waals surface area contributed by atoms with Gasteiger partial charge in [0, 0.05) is 6.42 Å². The summed E-state index contributed by atoms with van der Waals surface area (Å²) in [5.41, 5.74) is 2.55. The Morgan fingerprint density at radius 3 is 1.95 bits per heavy atom. The first-order valence-corrected chi connectivity index (χ1v) is 13.5. The van der Waals surface area contributed by atoms with Crippen LogP contribution in [0.1, 0.15) is 40.8 Å². The second-order valence-corrected chi connectivity index (χ2v) is 10.1. The molecule has 1 saturated heterocycles. The summed E-state index contributed by atoms with van der Waals surface area (Å²) in [5, 5.41) is 1.65. The monoisotopic (exact) mass is 551 g/mol. The molecule has 210 valence electrons. The van der Waals surface area contributed by atoms with Gasteiger partial charge < -0.3 is 14.2 Å². The summed E-state index contributed by atoms with van der Waals surface area (Å²) in [6.45, 7) is 2.40. The lowest BCUT2D eigenvalue weighted by molar-refractivity contribution is -0.186. The highest BCUT2D eigenvalue weighted by Gasteiger charge is 2.62. The second kappa shape index (κ2) is 12.3. The Labute approximate surface area is 240 Å². The van der Waals surface area contributed by atoms with E-state index in [0.717, 1.165) is 16.7 Å². The molecule has 1 aliphatic heterocycles. The van der Waals surface area contributed by atoms with E-state index in [1.807, 2.05) is 116 Å². The number of anilines is 1. The predicted octanol–water partition coefficient (Wildman–Crippen LogP) is 6.53. The zero-order valence-electron chi connectivity index (χ0n) is 23.4. The molecule has 7 nitrogen and oxygen atoms in total. The fraction of sp³-hybridized carbons (Fsp3) is 0.235. The maximum Gasteiger partial charge on any atom is 0.325 e. The summed E-state index contributed by atoms with van der Waals surface area (Å²) in [7, 11) is 2.57. The number of nitrogens with zero attached hydrogens (tertiary/aromatic N) is 1. The molecular weight excluding hydrogens is 518 g/mol. The van der Waals surface area contributed by atoms with Crippen molar-refractivity contribution in [3.8, 4) is 5.75 Å². The number of benzene rings is 4. The van der Waals surface area contributed by atoms with Gasteiger partial charge in [-0.25, -0.2) is 5.06 Å². The number of hydrogen-bond donors (Lipinski definition) is 0. The number of carbonyl (C=O) groups is 2. The van der Waals surface area contributed by atoms with Gasteiger partial charge in [0.15, 0.2) is 5.41 Å². The molecule has 5 rings (SSSR count). The van der Waals surface area contributed by atoms with Gasteiger partial charge in [-0.1, -0.05) is 90.5 Å². The lowest BCUT2D eigenvalue weighted by Crippen LogP contribution is -2.56. The molecule has 4 aromatic carbocycles. The molecule has 4 aromatic rings. The van der Waals surface area contributed by atoms with Crippen molar-refractivity contribution >= 4 is 17.6 Å². The molecule has 0 unspecified atom stereocenters. The van der Waals surface area contributed by atoms with Crippen LogP contribution in [0.4, 0.5) is 5.69 Å². The molecule has 0 aromatic heterocycles. The molecule has 0 aliphatic carbocycles. The Kier molecular flexibility index (Phi) is 8.36. The fourth-order valence-electron chi connectivity index (χ4n) is 5.33. The molecule has 0 N–H and O–H groups in total. The largest absolute Gasteiger partial charge is 0.489 e. The van der Waals surface area contributed by atoms with Crippen molar-refractivity contribution < 1.29 is 28.6 Å². The van der Waals surface area contributed by atoms with Gasteiger partial charge in [0.25, 0.3) is 0 Å². The summed E-state index contributed by atoms with van der Waals surface area (Å²) in [4.78, 5) is 34.2. The van der Waals surface area contributed by atoms with Crippen molar-refractivity contribution in [3.63, 3.8) is 0 Å². The van der Waals surface area contributed by atoms with Gasteiger partial charge in [0.05, 0.1) is 19.9 Å². The molecule has 0 spiro atoms. The van der Waals surface area contributed by atoms with E-state index in [1.165, 1.54) is 14.2 Å². The zero-order chi connectivity index (χ0) is 28.8. The molecule has 41 heavy (non-hydrogen) atoms. The molecule has 1 aliphatic rings. The van der Waals surface area contributed by atoms with E-state index in [1.54, 1.807) is 5.06 Å². The normalized spacial score (nSPS) is 17.9. The smallest absolute Gasteiger partial charge is 0.325 e. The van der Waals surface area contributed by atoms with Gasteiger partial charge in [-0.15, -0.1) is 0 Å². The Morgan fingerprint density at radius 2 is 1.37 bits per heavy atom. The minimum Gasteiger partial charge on any atom is -0.489 e. The van der Waals surface area contributed by atoms with Crippen LogP contribution in [0, 0.1) is 12.3 Å². The first kappa shape index (κ1) is 27.9. The van der Waals surface area contributed by atoms with Gasteiger partial charge in [-0.05, 0) is 47.9 Å². The van der Waals surface area contributed by atoms with Crippen LogP contribution in [0.25, 0.3) is 0 Å². The van der Waals surface area contributed by atoms with Crippen LogP contribution in [0.15, 0.2) is 109 Å². The Balaban J connectivity index is 1.61. The van der Waals surface area contributed by atoms with E-state index >= 15 is 0 Å². The number of ether oxygens (including phenoxy) is 3. The van der Waals surface area contributed by atoms with Gasteiger partial charge >= 0.3 is 11.9 Å². The standard InChI is InChI=1S/C34H33NO6/c1-24-14-18-28(19-15-24)35-31(27-16-20-29(21-17-27)40-23-25-10-6-4-7-11-25)34(32(36)38-2,33(37)39-3)22-30(41-35)26-12-8-5-9-13-26/h4-21,30-31H,22-23H2,1-3H3/t30-,31-/m1/s1. The topological polar surface area (TPSA) is 74.3 Å². The number of hydrogen-bond acceptors (Lipinski definition) is 7. The van der Waals surface area contributed by atoms with Crippen LogP contribution in [0.5, 0.6) is 5.75 Å². The van der Waals surface area contributed by atoms with Crippen molar-refractivity contribution in [2.24, 2.45) is 5.41 Å².